The Balaban J connectivity index is 1.66. The Morgan fingerprint density at radius 3 is 2.43 bits per heavy atom. The summed E-state index contributed by atoms with van der Waals surface area (Å²) < 4.78 is 41.1. The molecular formula is C26H20FN3O4S. The highest BCUT2D eigenvalue weighted by Gasteiger charge is 2.23. The molecule has 0 saturated heterocycles. The van der Waals surface area contributed by atoms with Crippen LogP contribution in [0.2, 0.25) is 0 Å². The fourth-order valence-corrected chi connectivity index (χ4v) is 5.39. The molecule has 2 heterocycles. The minimum absolute atomic E-state index is 0.148. The first-order chi connectivity index (χ1) is 16.7. The molecule has 0 radical (unpaired) electrons. The maximum atomic E-state index is 13.8. The molecular weight excluding hydrogens is 469 g/mol. The number of pyridine rings is 1. The minimum atomic E-state index is -3.76. The van der Waals surface area contributed by atoms with Gasteiger partial charge in [-0.3, -0.25) is 4.31 Å². The predicted octanol–water partition coefficient (Wildman–Crippen LogP) is 5.35. The van der Waals surface area contributed by atoms with E-state index in [1.54, 1.807) is 49.4 Å². The maximum absolute atomic E-state index is 13.8. The average Bonchev–Trinajstić information content (AvgIpc) is 3.21. The summed E-state index contributed by atoms with van der Waals surface area (Å²) in [6.07, 6.45) is 0. The van der Waals surface area contributed by atoms with Crippen molar-refractivity contribution in [2.45, 2.75) is 11.8 Å². The van der Waals surface area contributed by atoms with Crippen molar-refractivity contribution in [2.24, 2.45) is 0 Å². The smallest absolute Gasteiger partial charge is 0.354 e. The van der Waals surface area contributed by atoms with Gasteiger partial charge in [0.25, 0.3) is 10.0 Å². The van der Waals surface area contributed by atoms with Crippen LogP contribution in [0, 0.1) is 12.7 Å². The Kier molecular flexibility index (Phi) is 5.29. The summed E-state index contributed by atoms with van der Waals surface area (Å²) in [6.45, 7) is 1.80. The highest BCUT2D eigenvalue weighted by Crippen LogP contribution is 2.36. The summed E-state index contributed by atoms with van der Waals surface area (Å²) >= 11 is 0. The number of nitrogens with one attached hydrogen (secondary N) is 1. The van der Waals surface area contributed by atoms with Gasteiger partial charge in [0.15, 0.2) is 0 Å². The Hall–Kier alpha value is -4.24. The summed E-state index contributed by atoms with van der Waals surface area (Å²) in [7, 11) is -2.29. The van der Waals surface area contributed by atoms with Gasteiger partial charge in [0, 0.05) is 28.9 Å². The largest absolute Gasteiger partial charge is 0.477 e. The third-order valence-corrected chi connectivity index (χ3v) is 7.80. The van der Waals surface area contributed by atoms with Crippen molar-refractivity contribution in [3.05, 3.63) is 89.9 Å². The van der Waals surface area contributed by atoms with Crippen LogP contribution in [0.4, 0.5) is 10.1 Å². The first-order valence-corrected chi connectivity index (χ1v) is 12.1. The van der Waals surface area contributed by atoms with Gasteiger partial charge in [-0.2, -0.15) is 0 Å². The second-order valence-electron chi connectivity index (χ2n) is 8.18. The van der Waals surface area contributed by atoms with Crippen LogP contribution in [-0.4, -0.2) is 36.5 Å². The monoisotopic (exact) mass is 489 g/mol. The van der Waals surface area contributed by atoms with E-state index in [1.165, 1.54) is 41.7 Å². The molecule has 0 aliphatic carbocycles. The van der Waals surface area contributed by atoms with Crippen LogP contribution in [0.1, 0.15) is 16.1 Å². The molecule has 0 amide bonds. The van der Waals surface area contributed by atoms with E-state index in [4.69, 9.17) is 0 Å². The number of carbonyl (C=O) groups is 1. The zero-order chi connectivity index (χ0) is 24.9. The molecule has 9 heteroatoms. The van der Waals surface area contributed by atoms with Crippen LogP contribution in [0.5, 0.6) is 0 Å². The third-order valence-electron chi connectivity index (χ3n) is 6.00. The van der Waals surface area contributed by atoms with Crippen molar-refractivity contribution in [1.82, 2.24) is 9.97 Å². The molecule has 0 saturated carbocycles. The number of aromatic amines is 1. The van der Waals surface area contributed by atoms with Crippen molar-refractivity contribution < 1.29 is 22.7 Å². The van der Waals surface area contributed by atoms with Gasteiger partial charge in [0.05, 0.1) is 21.8 Å². The number of aromatic carboxylic acids is 1. The Morgan fingerprint density at radius 1 is 1.00 bits per heavy atom. The number of carboxylic acids is 1. The zero-order valence-corrected chi connectivity index (χ0v) is 19.6. The lowest BCUT2D eigenvalue weighted by Crippen LogP contribution is -2.26. The number of aromatic nitrogens is 2. The number of benzene rings is 3. The van der Waals surface area contributed by atoms with E-state index in [1.807, 2.05) is 0 Å². The number of H-pyrrole nitrogens is 1. The number of hydrogen-bond acceptors (Lipinski definition) is 4. The molecule has 0 unspecified atom stereocenters. The molecule has 0 fully saturated rings. The maximum Gasteiger partial charge on any atom is 0.354 e. The first kappa shape index (κ1) is 22.5. The standard InChI is InChI=1S/C26H20FN3O4S/c1-15-12-17(30(2)35(33,34)18-6-4-3-5-7-18)9-11-19(15)24-25-21(14-23(29-24)26(31)32)20-10-8-16(27)13-22(20)28-25/h3-14,28H,1-2H3,(H,31,32). The fraction of sp³-hybridized carbons (Fsp3) is 0.0769. The lowest BCUT2D eigenvalue weighted by Gasteiger charge is -2.21. The number of nitrogens with zero attached hydrogens (tertiary/aromatic N) is 2. The molecule has 0 bridgehead atoms. The number of halogens is 1. The molecule has 2 aromatic heterocycles. The van der Waals surface area contributed by atoms with Gasteiger partial charge in [-0.25, -0.2) is 22.6 Å². The highest BCUT2D eigenvalue weighted by atomic mass is 32.2. The van der Waals surface area contributed by atoms with Crippen molar-refractivity contribution in [3.8, 4) is 11.3 Å². The van der Waals surface area contributed by atoms with Crippen LogP contribution in [-0.2, 0) is 10.0 Å². The molecule has 7 nitrogen and oxygen atoms in total. The molecule has 0 spiro atoms. The van der Waals surface area contributed by atoms with Gasteiger partial charge in [-0.1, -0.05) is 24.3 Å². The van der Waals surface area contributed by atoms with E-state index in [0.717, 1.165) is 0 Å². The first-order valence-electron chi connectivity index (χ1n) is 10.7. The number of hydrogen-bond donors (Lipinski definition) is 2. The summed E-state index contributed by atoms with van der Waals surface area (Å²) in [5.41, 5.74) is 3.09. The van der Waals surface area contributed by atoms with E-state index >= 15 is 0 Å². The molecule has 3 aromatic carbocycles. The third kappa shape index (κ3) is 3.79. The molecule has 0 aliphatic rings. The van der Waals surface area contributed by atoms with Crippen LogP contribution in [0.25, 0.3) is 33.1 Å². The van der Waals surface area contributed by atoms with Gasteiger partial charge < -0.3 is 10.1 Å². The fourth-order valence-electron chi connectivity index (χ4n) is 4.18. The predicted molar refractivity (Wildman–Crippen MR) is 133 cm³/mol. The Morgan fingerprint density at radius 2 is 1.74 bits per heavy atom. The number of anilines is 1. The van der Waals surface area contributed by atoms with Crippen molar-refractivity contribution in [1.29, 1.82) is 0 Å². The summed E-state index contributed by atoms with van der Waals surface area (Å²) in [6, 6.07) is 18.9. The van der Waals surface area contributed by atoms with E-state index in [0.29, 0.717) is 44.3 Å². The second-order valence-corrected chi connectivity index (χ2v) is 10.2. The normalized spacial score (nSPS) is 11.7. The molecule has 35 heavy (non-hydrogen) atoms. The average molecular weight is 490 g/mol. The Bertz CT molecular complexity index is 1730. The summed E-state index contributed by atoms with van der Waals surface area (Å²) in [4.78, 5) is 19.5. The molecule has 176 valence electrons. The second kappa shape index (κ2) is 8.21. The lowest BCUT2D eigenvalue weighted by atomic mass is 10.0. The minimum Gasteiger partial charge on any atom is -0.477 e. The quantitative estimate of drug-likeness (QED) is 0.346. The van der Waals surface area contributed by atoms with E-state index in [-0.39, 0.29) is 10.6 Å². The van der Waals surface area contributed by atoms with E-state index < -0.39 is 21.8 Å². The Labute approximate surface area is 200 Å². The van der Waals surface area contributed by atoms with E-state index in [2.05, 4.69) is 9.97 Å². The molecule has 0 atom stereocenters. The van der Waals surface area contributed by atoms with Gasteiger partial charge in [-0.05, 0) is 61.0 Å². The van der Waals surface area contributed by atoms with Gasteiger partial charge in [-0.15, -0.1) is 0 Å². The van der Waals surface area contributed by atoms with Gasteiger partial charge in [0.1, 0.15) is 11.5 Å². The number of fused-ring (bicyclic) bond motifs is 3. The van der Waals surface area contributed by atoms with Crippen molar-refractivity contribution in [2.75, 3.05) is 11.4 Å². The molecule has 0 aliphatic heterocycles. The van der Waals surface area contributed by atoms with Crippen molar-refractivity contribution in [3.63, 3.8) is 0 Å². The topological polar surface area (TPSA) is 103 Å². The highest BCUT2D eigenvalue weighted by molar-refractivity contribution is 7.92. The summed E-state index contributed by atoms with van der Waals surface area (Å²) in [5, 5.41) is 10.9. The zero-order valence-electron chi connectivity index (χ0n) is 18.8. The number of sulfonamides is 1. The van der Waals surface area contributed by atoms with Crippen LogP contribution < -0.4 is 4.31 Å². The van der Waals surface area contributed by atoms with Crippen LogP contribution in [0.15, 0.2) is 77.7 Å². The molecule has 2 N–H and O–H groups in total. The van der Waals surface area contributed by atoms with Crippen molar-refractivity contribution >= 4 is 43.5 Å². The number of carboxylic acid groups (broad SMARTS) is 1. The van der Waals surface area contributed by atoms with Crippen LogP contribution >= 0.6 is 0 Å². The van der Waals surface area contributed by atoms with E-state index in [9.17, 15) is 22.7 Å². The lowest BCUT2D eigenvalue weighted by molar-refractivity contribution is 0.0691. The SMILES string of the molecule is Cc1cc(N(C)S(=O)(=O)c2ccccc2)ccc1-c1nc(C(=O)O)cc2c1[nH]c1cc(F)ccc12. The van der Waals surface area contributed by atoms with Crippen LogP contribution in [0.3, 0.4) is 0 Å². The number of aryl methyl sites for hydroxylation is 1. The molecule has 5 rings (SSSR count). The van der Waals surface area contributed by atoms with Gasteiger partial charge in [0.2, 0.25) is 0 Å². The van der Waals surface area contributed by atoms with Gasteiger partial charge >= 0.3 is 5.97 Å². The number of rotatable bonds is 5. The molecule has 5 aromatic rings. The summed E-state index contributed by atoms with van der Waals surface area (Å²) in [5.74, 6) is -1.60.